The lowest BCUT2D eigenvalue weighted by Gasteiger charge is -2.21. The van der Waals surface area contributed by atoms with Gasteiger partial charge in [-0.2, -0.15) is 0 Å². The summed E-state index contributed by atoms with van der Waals surface area (Å²) in [6.45, 7) is 7.87. The molecule has 0 radical (unpaired) electrons. The van der Waals surface area contributed by atoms with Crippen molar-refractivity contribution in [1.82, 2.24) is 5.32 Å². The highest BCUT2D eigenvalue weighted by Gasteiger charge is 2.13. The number of unbranched alkanes of at least 4 members (excludes halogenated alkanes) is 2. The maximum Gasteiger partial charge on any atom is 0.0326 e. The molecule has 1 unspecified atom stereocenters. The van der Waals surface area contributed by atoms with Crippen molar-refractivity contribution in [3.05, 3.63) is 47.5 Å². The molecule has 114 valence electrons. The standard InChI is InChI=1S/C20H29N/c1-4-6-9-15-21-20(10-5-2)19-14-13-16(3)17-11-7-8-12-18(17)19/h7-8,11-14,20-21H,4-6,9-10,15H2,1-3H3. The third-order valence-electron chi connectivity index (χ3n) is 4.30. The predicted octanol–water partition coefficient (Wildman–Crippen LogP) is 5.77. The molecule has 0 fully saturated rings. The molecule has 1 atom stereocenters. The average Bonchev–Trinajstić information content (AvgIpc) is 2.51. The van der Waals surface area contributed by atoms with Gasteiger partial charge in [0.25, 0.3) is 0 Å². The summed E-state index contributed by atoms with van der Waals surface area (Å²) >= 11 is 0. The topological polar surface area (TPSA) is 12.0 Å². The lowest BCUT2D eigenvalue weighted by molar-refractivity contribution is 0.483. The first-order chi connectivity index (χ1) is 10.3. The van der Waals surface area contributed by atoms with Crippen molar-refractivity contribution in [3.63, 3.8) is 0 Å². The Bertz CT molecular complexity index is 559. The zero-order chi connectivity index (χ0) is 15.1. The third kappa shape index (κ3) is 4.07. The van der Waals surface area contributed by atoms with E-state index in [4.69, 9.17) is 0 Å². The maximum absolute atomic E-state index is 3.78. The van der Waals surface area contributed by atoms with Crippen LogP contribution in [-0.2, 0) is 0 Å². The van der Waals surface area contributed by atoms with Gasteiger partial charge in [0.1, 0.15) is 0 Å². The first kappa shape index (κ1) is 16.0. The predicted molar refractivity (Wildman–Crippen MR) is 93.9 cm³/mol. The summed E-state index contributed by atoms with van der Waals surface area (Å²) in [4.78, 5) is 0. The Kier molecular flexibility index (Phi) is 6.25. The molecular formula is C20H29N. The van der Waals surface area contributed by atoms with E-state index in [2.05, 4.69) is 62.5 Å². The van der Waals surface area contributed by atoms with Crippen LogP contribution in [0, 0.1) is 6.92 Å². The number of rotatable bonds is 8. The van der Waals surface area contributed by atoms with Crippen LogP contribution in [0.15, 0.2) is 36.4 Å². The number of fused-ring (bicyclic) bond motifs is 1. The van der Waals surface area contributed by atoms with Crippen LogP contribution in [0.3, 0.4) is 0 Å². The monoisotopic (exact) mass is 283 g/mol. The summed E-state index contributed by atoms with van der Waals surface area (Å²) in [6.07, 6.45) is 6.31. The van der Waals surface area contributed by atoms with Crippen molar-refractivity contribution in [2.24, 2.45) is 0 Å². The molecule has 0 bridgehead atoms. The molecule has 0 saturated heterocycles. The molecule has 2 rings (SSSR count). The molecule has 21 heavy (non-hydrogen) atoms. The van der Waals surface area contributed by atoms with E-state index in [1.165, 1.54) is 54.0 Å². The summed E-state index contributed by atoms with van der Waals surface area (Å²) in [5.74, 6) is 0. The highest BCUT2D eigenvalue weighted by atomic mass is 14.9. The van der Waals surface area contributed by atoms with Gasteiger partial charge in [-0.25, -0.2) is 0 Å². The first-order valence-corrected chi connectivity index (χ1v) is 8.49. The van der Waals surface area contributed by atoms with Gasteiger partial charge in [-0.3, -0.25) is 0 Å². The quantitative estimate of drug-likeness (QED) is 0.606. The Balaban J connectivity index is 2.25. The molecular weight excluding hydrogens is 254 g/mol. The largest absolute Gasteiger partial charge is 0.310 e. The first-order valence-electron chi connectivity index (χ1n) is 8.49. The van der Waals surface area contributed by atoms with Gasteiger partial charge in [0.2, 0.25) is 0 Å². The Morgan fingerprint density at radius 2 is 1.67 bits per heavy atom. The zero-order valence-corrected chi connectivity index (χ0v) is 13.8. The molecule has 0 saturated carbocycles. The van der Waals surface area contributed by atoms with Crippen LogP contribution in [0.5, 0.6) is 0 Å². The summed E-state index contributed by atoms with van der Waals surface area (Å²) in [5, 5.41) is 6.59. The second-order valence-corrected chi connectivity index (χ2v) is 6.02. The van der Waals surface area contributed by atoms with Crippen LogP contribution >= 0.6 is 0 Å². The highest BCUT2D eigenvalue weighted by molar-refractivity contribution is 5.88. The SMILES string of the molecule is CCCCCNC(CCC)c1ccc(C)c2ccccc12. The summed E-state index contributed by atoms with van der Waals surface area (Å²) in [6, 6.07) is 13.9. The molecule has 1 heteroatoms. The highest BCUT2D eigenvalue weighted by Crippen LogP contribution is 2.29. The van der Waals surface area contributed by atoms with Gasteiger partial charge in [0, 0.05) is 6.04 Å². The number of hydrogen-bond donors (Lipinski definition) is 1. The van der Waals surface area contributed by atoms with Crippen LogP contribution in [0.2, 0.25) is 0 Å². The minimum absolute atomic E-state index is 0.484. The van der Waals surface area contributed by atoms with E-state index in [0.29, 0.717) is 6.04 Å². The third-order valence-corrected chi connectivity index (χ3v) is 4.30. The van der Waals surface area contributed by atoms with E-state index >= 15 is 0 Å². The van der Waals surface area contributed by atoms with Gasteiger partial charge >= 0.3 is 0 Å². The van der Waals surface area contributed by atoms with E-state index in [9.17, 15) is 0 Å². The number of nitrogens with one attached hydrogen (secondary N) is 1. The van der Waals surface area contributed by atoms with Crippen molar-refractivity contribution in [2.45, 2.75) is 58.9 Å². The summed E-state index contributed by atoms with van der Waals surface area (Å²) < 4.78 is 0. The van der Waals surface area contributed by atoms with Crippen LogP contribution < -0.4 is 5.32 Å². The summed E-state index contributed by atoms with van der Waals surface area (Å²) in [7, 11) is 0. The fourth-order valence-corrected chi connectivity index (χ4v) is 3.08. The minimum Gasteiger partial charge on any atom is -0.310 e. The summed E-state index contributed by atoms with van der Waals surface area (Å²) in [5.41, 5.74) is 2.84. The molecule has 0 aliphatic heterocycles. The van der Waals surface area contributed by atoms with E-state index < -0.39 is 0 Å². The second-order valence-electron chi connectivity index (χ2n) is 6.02. The fraction of sp³-hybridized carbons (Fsp3) is 0.500. The number of benzene rings is 2. The molecule has 0 aliphatic rings. The maximum atomic E-state index is 3.78. The van der Waals surface area contributed by atoms with E-state index in [1.807, 2.05) is 0 Å². The minimum atomic E-state index is 0.484. The normalized spacial score (nSPS) is 12.7. The molecule has 0 aliphatic carbocycles. The van der Waals surface area contributed by atoms with Crippen LogP contribution in [0.1, 0.15) is 63.1 Å². The fourth-order valence-electron chi connectivity index (χ4n) is 3.08. The van der Waals surface area contributed by atoms with E-state index in [1.54, 1.807) is 0 Å². The van der Waals surface area contributed by atoms with E-state index in [-0.39, 0.29) is 0 Å². The van der Waals surface area contributed by atoms with Crippen molar-refractivity contribution < 1.29 is 0 Å². The molecule has 0 heterocycles. The van der Waals surface area contributed by atoms with Gasteiger partial charge in [0.05, 0.1) is 0 Å². The van der Waals surface area contributed by atoms with Crippen LogP contribution in [-0.4, -0.2) is 6.54 Å². The Morgan fingerprint density at radius 1 is 0.905 bits per heavy atom. The molecule has 1 nitrogen and oxygen atoms in total. The molecule has 0 aromatic heterocycles. The Hall–Kier alpha value is -1.34. The van der Waals surface area contributed by atoms with Crippen molar-refractivity contribution in [1.29, 1.82) is 0 Å². The van der Waals surface area contributed by atoms with Gasteiger partial charge in [-0.05, 0) is 48.2 Å². The molecule has 1 N–H and O–H groups in total. The number of aryl methyl sites for hydroxylation is 1. The van der Waals surface area contributed by atoms with Crippen molar-refractivity contribution >= 4 is 10.8 Å². The van der Waals surface area contributed by atoms with Crippen LogP contribution in [0.25, 0.3) is 10.8 Å². The number of hydrogen-bond acceptors (Lipinski definition) is 1. The zero-order valence-electron chi connectivity index (χ0n) is 13.8. The Morgan fingerprint density at radius 3 is 2.38 bits per heavy atom. The molecule has 0 amide bonds. The van der Waals surface area contributed by atoms with Crippen molar-refractivity contribution in [3.8, 4) is 0 Å². The van der Waals surface area contributed by atoms with Gasteiger partial charge in [-0.1, -0.05) is 69.5 Å². The van der Waals surface area contributed by atoms with Gasteiger partial charge in [-0.15, -0.1) is 0 Å². The lowest BCUT2D eigenvalue weighted by atomic mass is 9.93. The van der Waals surface area contributed by atoms with Crippen LogP contribution in [0.4, 0.5) is 0 Å². The van der Waals surface area contributed by atoms with Gasteiger partial charge < -0.3 is 5.32 Å². The molecule has 2 aromatic rings. The molecule has 2 aromatic carbocycles. The van der Waals surface area contributed by atoms with Crippen molar-refractivity contribution in [2.75, 3.05) is 6.54 Å². The van der Waals surface area contributed by atoms with Gasteiger partial charge in [0.15, 0.2) is 0 Å². The smallest absolute Gasteiger partial charge is 0.0326 e. The van der Waals surface area contributed by atoms with E-state index in [0.717, 1.165) is 6.54 Å². The second kappa shape index (κ2) is 8.19. The Labute approximate surface area is 129 Å². The average molecular weight is 283 g/mol. The lowest BCUT2D eigenvalue weighted by Crippen LogP contribution is -2.22. The molecule has 0 spiro atoms.